The zero-order valence-corrected chi connectivity index (χ0v) is 30.1. The Balaban J connectivity index is 1.64. The molecule has 0 saturated heterocycles. The monoisotopic (exact) mass is 678 g/mol. The molecule has 266 valence electrons. The number of benzene rings is 2. The molecular weight excluding hydrogens is 628 g/mol. The molecular formula is C36H50N6O7. The second-order valence-electron chi connectivity index (χ2n) is 13.9. The van der Waals surface area contributed by atoms with E-state index in [1.807, 2.05) is 34.6 Å². The van der Waals surface area contributed by atoms with Gasteiger partial charge in [-0.3, -0.25) is 19.3 Å². The molecule has 0 spiro atoms. The molecule has 0 bridgehead atoms. The van der Waals surface area contributed by atoms with Gasteiger partial charge in [0.25, 0.3) is 5.91 Å². The Labute approximate surface area is 288 Å². The summed E-state index contributed by atoms with van der Waals surface area (Å²) in [6, 6.07) is 9.91. The van der Waals surface area contributed by atoms with Crippen molar-refractivity contribution in [1.29, 1.82) is 0 Å². The number of amides is 4. The number of rotatable bonds is 13. The van der Waals surface area contributed by atoms with Crippen LogP contribution in [0.4, 0.5) is 15.3 Å². The van der Waals surface area contributed by atoms with Gasteiger partial charge in [0.1, 0.15) is 23.6 Å². The molecule has 13 nitrogen and oxygen atoms in total. The molecule has 0 aliphatic carbocycles. The predicted octanol–water partition coefficient (Wildman–Crippen LogP) is 6.22. The van der Waals surface area contributed by atoms with E-state index in [4.69, 9.17) is 9.47 Å². The van der Waals surface area contributed by atoms with Gasteiger partial charge in [-0.1, -0.05) is 19.9 Å². The van der Waals surface area contributed by atoms with E-state index in [1.54, 1.807) is 69.0 Å². The van der Waals surface area contributed by atoms with E-state index in [1.165, 1.54) is 4.90 Å². The van der Waals surface area contributed by atoms with Gasteiger partial charge in [-0.2, -0.15) is 0 Å². The number of ether oxygens (including phenoxy) is 2. The van der Waals surface area contributed by atoms with Gasteiger partial charge in [0.15, 0.2) is 5.78 Å². The van der Waals surface area contributed by atoms with Gasteiger partial charge in [0.05, 0.1) is 24.1 Å². The summed E-state index contributed by atoms with van der Waals surface area (Å²) in [7, 11) is 0. The normalized spacial score (nSPS) is 11.5. The van der Waals surface area contributed by atoms with E-state index >= 15 is 0 Å². The van der Waals surface area contributed by atoms with E-state index in [0.29, 0.717) is 58.7 Å². The summed E-state index contributed by atoms with van der Waals surface area (Å²) in [5, 5.41) is 5.46. The Morgan fingerprint density at radius 2 is 1.47 bits per heavy atom. The Kier molecular flexibility index (Phi) is 12.9. The molecule has 0 fully saturated rings. The highest BCUT2D eigenvalue weighted by atomic mass is 16.6. The van der Waals surface area contributed by atoms with Crippen molar-refractivity contribution in [3.63, 3.8) is 0 Å². The number of carbonyl (C=O) groups excluding carboxylic acids is 5. The largest absolute Gasteiger partial charge is 0.444 e. The van der Waals surface area contributed by atoms with Crippen LogP contribution in [0.15, 0.2) is 36.4 Å². The number of anilines is 1. The van der Waals surface area contributed by atoms with Crippen LogP contribution in [0.25, 0.3) is 11.0 Å². The van der Waals surface area contributed by atoms with Gasteiger partial charge in [-0.15, -0.1) is 0 Å². The third-order valence-electron chi connectivity index (χ3n) is 7.08. The average molecular weight is 679 g/mol. The number of fused-ring (bicyclic) bond motifs is 1. The Morgan fingerprint density at radius 3 is 2.08 bits per heavy atom. The van der Waals surface area contributed by atoms with Crippen LogP contribution in [-0.4, -0.2) is 86.9 Å². The van der Waals surface area contributed by atoms with Gasteiger partial charge < -0.3 is 30.0 Å². The lowest BCUT2D eigenvalue weighted by atomic mass is 10.1. The van der Waals surface area contributed by atoms with Crippen LogP contribution >= 0.6 is 0 Å². The number of ketones is 1. The number of nitrogens with one attached hydrogen (secondary N) is 3. The molecule has 3 N–H and O–H groups in total. The summed E-state index contributed by atoms with van der Waals surface area (Å²) in [5.74, 6) is -0.674. The van der Waals surface area contributed by atoms with E-state index in [2.05, 4.69) is 20.6 Å². The second kappa shape index (κ2) is 16.4. The van der Waals surface area contributed by atoms with Crippen molar-refractivity contribution in [2.24, 2.45) is 0 Å². The summed E-state index contributed by atoms with van der Waals surface area (Å²) >= 11 is 0. The number of nitrogens with zero attached hydrogens (tertiary/aromatic N) is 3. The van der Waals surface area contributed by atoms with Crippen LogP contribution in [0.1, 0.15) is 100 Å². The molecule has 49 heavy (non-hydrogen) atoms. The molecule has 0 saturated carbocycles. The average Bonchev–Trinajstić information content (AvgIpc) is 3.40. The molecule has 1 heterocycles. The molecule has 2 aromatic carbocycles. The molecule has 0 aliphatic heterocycles. The predicted molar refractivity (Wildman–Crippen MR) is 188 cm³/mol. The number of H-pyrrole nitrogens is 1. The number of carbonyl (C=O) groups is 5. The van der Waals surface area contributed by atoms with Gasteiger partial charge in [0, 0.05) is 29.9 Å². The number of hydrogen-bond donors (Lipinski definition) is 3. The smallest absolute Gasteiger partial charge is 0.410 e. The highest BCUT2D eigenvalue weighted by Crippen LogP contribution is 2.21. The van der Waals surface area contributed by atoms with Crippen LogP contribution < -0.4 is 10.6 Å². The maximum atomic E-state index is 13.1. The van der Waals surface area contributed by atoms with Crippen LogP contribution in [0.2, 0.25) is 0 Å². The Hall–Kier alpha value is -4.94. The lowest BCUT2D eigenvalue weighted by molar-refractivity contribution is -0.117. The van der Waals surface area contributed by atoms with Crippen molar-refractivity contribution < 1.29 is 33.4 Å². The standard InChI is InChI=1S/C36H50N6O7/c1-10-17-41(33(46)48-35(4,5)6)21-30-38-27-16-15-24(19-28(27)39-30)29(43)20-37-32(45)25-13-12-14-26(23(25)3)40-31(44)22-42(18-11-2)34(47)49-36(7,8)9/h12-16,19H,10-11,17-18,20-22H2,1-9H3,(H,37,45)(H,38,39)(H,40,44). The molecule has 4 amide bonds. The van der Waals surface area contributed by atoms with Gasteiger partial charge >= 0.3 is 12.2 Å². The molecule has 0 atom stereocenters. The molecule has 1 aromatic heterocycles. The lowest BCUT2D eigenvalue weighted by Gasteiger charge is -2.27. The number of hydrogen-bond acceptors (Lipinski definition) is 8. The van der Waals surface area contributed by atoms with Crippen LogP contribution in [0, 0.1) is 6.92 Å². The van der Waals surface area contributed by atoms with Crippen molar-refractivity contribution in [1.82, 2.24) is 25.1 Å². The summed E-state index contributed by atoms with van der Waals surface area (Å²) in [6.07, 6.45) is 0.379. The third kappa shape index (κ3) is 11.6. The van der Waals surface area contributed by atoms with Crippen molar-refractivity contribution in [2.45, 2.75) is 92.9 Å². The maximum Gasteiger partial charge on any atom is 0.410 e. The zero-order chi connectivity index (χ0) is 36.5. The van der Waals surface area contributed by atoms with Crippen molar-refractivity contribution in [3.05, 3.63) is 58.9 Å². The van der Waals surface area contributed by atoms with Crippen LogP contribution in [-0.2, 0) is 20.8 Å². The molecule has 0 unspecified atom stereocenters. The van der Waals surface area contributed by atoms with Gasteiger partial charge in [-0.25, -0.2) is 14.6 Å². The Morgan fingerprint density at radius 1 is 0.857 bits per heavy atom. The fourth-order valence-corrected chi connectivity index (χ4v) is 4.89. The number of Topliss-reactive ketones (excluding diaryl/α,β-unsaturated/α-hetero) is 1. The van der Waals surface area contributed by atoms with E-state index in [-0.39, 0.29) is 25.4 Å². The van der Waals surface area contributed by atoms with E-state index < -0.39 is 35.2 Å². The minimum absolute atomic E-state index is 0.212. The number of aromatic nitrogens is 2. The van der Waals surface area contributed by atoms with E-state index in [9.17, 15) is 24.0 Å². The maximum absolute atomic E-state index is 13.1. The summed E-state index contributed by atoms with van der Waals surface area (Å²) in [5.41, 5.74) is 1.52. The second-order valence-corrected chi connectivity index (χ2v) is 13.9. The van der Waals surface area contributed by atoms with Crippen molar-refractivity contribution in [3.8, 4) is 0 Å². The number of imidazole rings is 1. The van der Waals surface area contributed by atoms with Crippen molar-refractivity contribution >= 4 is 46.5 Å². The fraction of sp³-hybridized carbons (Fsp3) is 0.500. The first-order valence-electron chi connectivity index (χ1n) is 16.6. The van der Waals surface area contributed by atoms with E-state index in [0.717, 1.165) is 6.42 Å². The van der Waals surface area contributed by atoms with Crippen LogP contribution in [0.5, 0.6) is 0 Å². The third-order valence-corrected chi connectivity index (χ3v) is 7.08. The first-order chi connectivity index (χ1) is 22.9. The summed E-state index contributed by atoms with van der Waals surface area (Å²) in [4.78, 5) is 75.1. The zero-order valence-electron chi connectivity index (χ0n) is 30.1. The molecule has 3 rings (SSSR count). The minimum Gasteiger partial charge on any atom is -0.444 e. The van der Waals surface area contributed by atoms with Gasteiger partial charge in [-0.05, 0) is 97.2 Å². The number of aromatic amines is 1. The summed E-state index contributed by atoms with van der Waals surface area (Å²) in [6.45, 7) is 16.9. The highest BCUT2D eigenvalue weighted by molar-refractivity contribution is 6.05. The molecule has 13 heteroatoms. The first kappa shape index (κ1) is 38.5. The summed E-state index contributed by atoms with van der Waals surface area (Å²) < 4.78 is 11.0. The first-order valence-corrected chi connectivity index (χ1v) is 16.6. The fourth-order valence-electron chi connectivity index (χ4n) is 4.89. The topological polar surface area (TPSA) is 163 Å². The van der Waals surface area contributed by atoms with Gasteiger partial charge in [0.2, 0.25) is 5.91 Å². The van der Waals surface area contributed by atoms with Crippen LogP contribution in [0.3, 0.4) is 0 Å². The molecule has 0 radical (unpaired) electrons. The minimum atomic E-state index is -0.699. The molecule has 3 aromatic rings. The highest BCUT2D eigenvalue weighted by Gasteiger charge is 2.25. The lowest BCUT2D eigenvalue weighted by Crippen LogP contribution is -2.41. The SMILES string of the molecule is CCCN(CC(=O)Nc1cccc(C(=O)NCC(=O)c2ccc3nc(CN(CCC)C(=O)OC(C)(C)C)[nH]c3c2)c1C)C(=O)OC(C)(C)C. The van der Waals surface area contributed by atoms with Crippen molar-refractivity contribution in [2.75, 3.05) is 31.5 Å². The quantitative estimate of drug-likeness (QED) is 0.180. The Bertz CT molecular complexity index is 1670. The molecule has 0 aliphatic rings.